The highest BCUT2D eigenvalue weighted by molar-refractivity contribution is 7.08. The summed E-state index contributed by atoms with van der Waals surface area (Å²) in [6.45, 7) is 0. The first kappa shape index (κ1) is 7.83. The second kappa shape index (κ2) is 2.92. The molecule has 0 aromatic carbocycles. The van der Waals surface area contributed by atoms with Crippen molar-refractivity contribution in [2.45, 2.75) is 0 Å². The minimum Gasteiger partial charge on any atom is -0.381 e. The van der Waals surface area contributed by atoms with E-state index < -0.39 is 0 Å². The van der Waals surface area contributed by atoms with Crippen LogP contribution in [-0.4, -0.2) is 10.2 Å². The number of thiophene rings is 1. The first-order chi connectivity index (χ1) is 6.33. The molecule has 2 aromatic heterocycles. The van der Waals surface area contributed by atoms with Crippen LogP contribution in [0.15, 0.2) is 16.8 Å². The number of aromatic amines is 1. The van der Waals surface area contributed by atoms with Crippen molar-refractivity contribution in [2.75, 3.05) is 5.73 Å². The summed E-state index contributed by atoms with van der Waals surface area (Å²) in [5, 5.41) is 19.2. The molecule has 4 nitrogen and oxygen atoms in total. The van der Waals surface area contributed by atoms with Gasteiger partial charge in [0.25, 0.3) is 0 Å². The number of nitrogens with one attached hydrogen (secondary N) is 1. The minimum absolute atomic E-state index is 0.253. The minimum atomic E-state index is 0.253. The van der Waals surface area contributed by atoms with Crippen LogP contribution < -0.4 is 5.73 Å². The van der Waals surface area contributed by atoms with Gasteiger partial charge in [0.05, 0.1) is 5.69 Å². The summed E-state index contributed by atoms with van der Waals surface area (Å²) >= 11 is 1.56. The molecule has 0 bridgehead atoms. The summed E-state index contributed by atoms with van der Waals surface area (Å²) in [5.41, 5.74) is 7.56. The van der Waals surface area contributed by atoms with Gasteiger partial charge in [-0.3, -0.25) is 5.10 Å². The van der Waals surface area contributed by atoms with E-state index in [2.05, 4.69) is 10.2 Å². The van der Waals surface area contributed by atoms with Crippen LogP contribution in [0.1, 0.15) is 5.56 Å². The average molecular weight is 190 g/mol. The predicted molar refractivity (Wildman–Crippen MR) is 51.0 cm³/mol. The Labute approximate surface area is 78.6 Å². The van der Waals surface area contributed by atoms with Gasteiger partial charge in [-0.2, -0.15) is 21.7 Å². The summed E-state index contributed by atoms with van der Waals surface area (Å²) in [7, 11) is 0. The molecule has 0 aliphatic rings. The van der Waals surface area contributed by atoms with Crippen molar-refractivity contribution in [2.24, 2.45) is 0 Å². The van der Waals surface area contributed by atoms with Gasteiger partial charge in [0.1, 0.15) is 11.6 Å². The highest BCUT2D eigenvalue weighted by atomic mass is 32.1. The molecule has 2 rings (SSSR count). The monoisotopic (exact) mass is 190 g/mol. The number of nitrogen functional groups attached to an aromatic ring is 1. The molecule has 2 heterocycles. The standard InChI is InChI=1S/C8H6N4S/c9-3-6-7(11-12-8(6)10)5-1-2-13-4-5/h1-2,4H,(H3,10,11,12). The predicted octanol–water partition coefficient (Wildman–Crippen LogP) is 1.59. The number of rotatable bonds is 1. The van der Waals surface area contributed by atoms with Crippen LogP contribution in [0.2, 0.25) is 0 Å². The SMILES string of the molecule is N#Cc1c(N)n[nH]c1-c1ccsc1. The molecule has 0 saturated carbocycles. The molecule has 0 aliphatic carbocycles. The molecule has 0 spiro atoms. The first-order valence-corrected chi connectivity index (χ1v) is 4.53. The zero-order valence-corrected chi connectivity index (χ0v) is 7.43. The molecule has 0 saturated heterocycles. The van der Waals surface area contributed by atoms with E-state index in [9.17, 15) is 0 Å². The molecule has 64 valence electrons. The first-order valence-electron chi connectivity index (χ1n) is 3.59. The van der Waals surface area contributed by atoms with E-state index in [0.717, 1.165) is 5.56 Å². The van der Waals surface area contributed by atoms with Crippen molar-refractivity contribution >= 4 is 17.2 Å². The van der Waals surface area contributed by atoms with E-state index in [1.165, 1.54) is 0 Å². The maximum Gasteiger partial charge on any atom is 0.163 e. The van der Waals surface area contributed by atoms with Crippen LogP contribution in [0.3, 0.4) is 0 Å². The Bertz CT molecular complexity index is 449. The van der Waals surface area contributed by atoms with Crippen LogP contribution in [0.25, 0.3) is 11.3 Å². The maximum absolute atomic E-state index is 8.80. The van der Waals surface area contributed by atoms with Crippen molar-refractivity contribution in [3.05, 3.63) is 22.4 Å². The maximum atomic E-state index is 8.80. The lowest BCUT2D eigenvalue weighted by Gasteiger charge is -1.90. The fraction of sp³-hybridized carbons (Fsp3) is 0. The van der Waals surface area contributed by atoms with Gasteiger partial charge >= 0.3 is 0 Å². The Balaban J connectivity index is 2.60. The lowest BCUT2D eigenvalue weighted by atomic mass is 10.1. The third-order valence-corrected chi connectivity index (χ3v) is 2.40. The lowest BCUT2D eigenvalue weighted by molar-refractivity contribution is 1.10. The molecule has 13 heavy (non-hydrogen) atoms. The number of aromatic nitrogens is 2. The summed E-state index contributed by atoms with van der Waals surface area (Å²) in [4.78, 5) is 0. The van der Waals surface area contributed by atoms with E-state index in [1.807, 2.05) is 22.9 Å². The Morgan fingerprint density at radius 1 is 1.62 bits per heavy atom. The molecule has 0 fully saturated rings. The molecule has 0 aliphatic heterocycles. The van der Waals surface area contributed by atoms with Crippen LogP contribution >= 0.6 is 11.3 Å². The van der Waals surface area contributed by atoms with Crippen LogP contribution in [-0.2, 0) is 0 Å². The molecule has 0 amide bonds. The Morgan fingerprint density at radius 2 is 2.46 bits per heavy atom. The number of anilines is 1. The summed E-state index contributed by atoms with van der Waals surface area (Å²) in [5.74, 6) is 0.253. The van der Waals surface area contributed by atoms with Crippen molar-refractivity contribution in [1.29, 1.82) is 5.26 Å². The lowest BCUT2D eigenvalue weighted by Crippen LogP contribution is -1.87. The molecular formula is C8H6N4S. The number of H-pyrrole nitrogens is 1. The summed E-state index contributed by atoms with van der Waals surface area (Å²) in [6, 6.07) is 3.93. The summed E-state index contributed by atoms with van der Waals surface area (Å²) < 4.78 is 0. The highest BCUT2D eigenvalue weighted by Gasteiger charge is 2.11. The Morgan fingerprint density at radius 3 is 3.08 bits per heavy atom. The number of hydrogen-bond donors (Lipinski definition) is 2. The molecule has 0 atom stereocenters. The Hall–Kier alpha value is -1.80. The van der Waals surface area contributed by atoms with Crippen LogP contribution in [0.4, 0.5) is 5.82 Å². The molecule has 5 heteroatoms. The van der Waals surface area contributed by atoms with Crippen LogP contribution in [0, 0.1) is 11.3 Å². The highest BCUT2D eigenvalue weighted by Crippen LogP contribution is 2.25. The zero-order valence-electron chi connectivity index (χ0n) is 6.61. The van der Waals surface area contributed by atoms with Gasteiger partial charge < -0.3 is 5.73 Å². The number of nitrogens with two attached hydrogens (primary N) is 1. The molecule has 2 aromatic rings. The quantitative estimate of drug-likeness (QED) is 0.716. The van der Waals surface area contributed by atoms with E-state index in [4.69, 9.17) is 11.0 Å². The largest absolute Gasteiger partial charge is 0.381 e. The topological polar surface area (TPSA) is 78.5 Å². The second-order valence-corrected chi connectivity index (χ2v) is 3.26. The van der Waals surface area contributed by atoms with Gasteiger partial charge in [0.15, 0.2) is 5.82 Å². The number of hydrogen-bond acceptors (Lipinski definition) is 4. The second-order valence-electron chi connectivity index (χ2n) is 2.48. The third-order valence-electron chi connectivity index (χ3n) is 1.72. The molecule has 0 radical (unpaired) electrons. The fourth-order valence-corrected chi connectivity index (χ4v) is 1.73. The van der Waals surface area contributed by atoms with E-state index in [-0.39, 0.29) is 5.82 Å². The van der Waals surface area contributed by atoms with Crippen molar-refractivity contribution < 1.29 is 0 Å². The van der Waals surface area contributed by atoms with Gasteiger partial charge in [-0.15, -0.1) is 0 Å². The number of nitrogens with zero attached hydrogens (tertiary/aromatic N) is 2. The van der Waals surface area contributed by atoms with Gasteiger partial charge in [-0.25, -0.2) is 0 Å². The average Bonchev–Trinajstić information content (AvgIpc) is 2.71. The third kappa shape index (κ3) is 1.17. The fourth-order valence-electron chi connectivity index (χ4n) is 1.08. The smallest absolute Gasteiger partial charge is 0.163 e. The van der Waals surface area contributed by atoms with Gasteiger partial charge in [0, 0.05) is 10.9 Å². The molecule has 3 N–H and O–H groups in total. The van der Waals surface area contributed by atoms with Crippen molar-refractivity contribution in [3.8, 4) is 17.3 Å². The summed E-state index contributed by atoms with van der Waals surface area (Å²) in [6.07, 6.45) is 0. The molecular weight excluding hydrogens is 184 g/mol. The van der Waals surface area contributed by atoms with Gasteiger partial charge in [-0.1, -0.05) is 0 Å². The van der Waals surface area contributed by atoms with Gasteiger partial charge in [0.2, 0.25) is 0 Å². The molecule has 0 unspecified atom stereocenters. The zero-order chi connectivity index (χ0) is 9.26. The normalized spacial score (nSPS) is 9.77. The Kier molecular flexibility index (Phi) is 1.76. The van der Waals surface area contributed by atoms with E-state index in [1.54, 1.807) is 11.3 Å². The van der Waals surface area contributed by atoms with E-state index >= 15 is 0 Å². The van der Waals surface area contributed by atoms with E-state index in [0.29, 0.717) is 11.3 Å². The van der Waals surface area contributed by atoms with Crippen molar-refractivity contribution in [1.82, 2.24) is 10.2 Å². The van der Waals surface area contributed by atoms with Crippen LogP contribution in [0.5, 0.6) is 0 Å². The van der Waals surface area contributed by atoms with Crippen molar-refractivity contribution in [3.63, 3.8) is 0 Å². The number of nitriles is 1. The van der Waals surface area contributed by atoms with Gasteiger partial charge in [-0.05, 0) is 11.4 Å².